The Morgan fingerprint density at radius 3 is 2.40 bits per heavy atom. The minimum absolute atomic E-state index is 0.323. The molecule has 1 saturated heterocycles. The molecule has 11 heteroatoms. The van der Waals surface area contributed by atoms with Crippen LogP contribution in [0.4, 0.5) is 36.8 Å². The molecule has 0 aromatic heterocycles. The van der Waals surface area contributed by atoms with E-state index in [1.807, 2.05) is 0 Å². The highest BCUT2D eigenvalue weighted by molar-refractivity contribution is 5.92. The fraction of sp³-hybridized carbons (Fsp3) is 0.429. The third kappa shape index (κ3) is 3.34. The molecule has 0 saturated carbocycles. The number of benzene rings is 1. The predicted molar refractivity (Wildman–Crippen MR) is 70.6 cm³/mol. The monoisotopic (exact) mass is 368 g/mol. The molecule has 1 aromatic rings. The van der Waals surface area contributed by atoms with Gasteiger partial charge >= 0.3 is 18.4 Å². The molecule has 1 amide bonds. The molecule has 5 nitrogen and oxygen atoms in total. The smallest absolute Gasteiger partial charge is 0.418 e. The number of anilines is 1. The van der Waals surface area contributed by atoms with Gasteiger partial charge in [-0.25, -0.2) is 4.79 Å². The highest BCUT2D eigenvalue weighted by Crippen LogP contribution is 2.40. The summed E-state index contributed by atoms with van der Waals surface area (Å²) in [5.74, 6) is 0. The first kappa shape index (κ1) is 18.9. The molecule has 1 N–H and O–H groups in total. The van der Waals surface area contributed by atoms with Crippen molar-refractivity contribution in [3.63, 3.8) is 0 Å². The number of cyclic esters (lactones) is 1. The van der Waals surface area contributed by atoms with Gasteiger partial charge in [-0.15, -0.1) is 0 Å². The third-order valence-corrected chi connectivity index (χ3v) is 3.71. The van der Waals surface area contributed by atoms with Crippen LogP contribution >= 0.6 is 0 Å². The molecular formula is C14H10F6N2O3. The van der Waals surface area contributed by atoms with Gasteiger partial charge in [-0.3, -0.25) is 4.90 Å². The number of hydrogen-bond acceptors (Lipinski definition) is 4. The maximum Gasteiger partial charge on any atom is 0.418 e. The molecule has 136 valence electrons. The Kier molecular flexibility index (Phi) is 4.61. The third-order valence-electron chi connectivity index (χ3n) is 3.71. The van der Waals surface area contributed by atoms with Crippen molar-refractivity contribution in [3.8, 4) is 6.07 Å². The SMILES string of the molecule is Cc1c(N2C(=O)OC[C@@H]2[C@@H](O)C(F)(F)F)ccc(C#N)c1C(F)(F)F. The number of halogens is 6. The second kappa shape index (κ2) is 6.11. The van der Waals surface area contributed by atoms with Gasteiger partial charge in [0.05, 0.1) is 22.9 Å². The minimum atomic E-state index is -5.11. The standard InChI is InChI=1S/C14H10F6N2O3/c1-6-8(3-2-7(4-21)10(6)13(15,16)17)22-9(5-25-12(22)24)11(23)14(18,19)20/h2-3,9,11,23H,5H2,1H3/t9-,11-/m1/s1. The van der Waals surface area contributed by atoms with Crippen LogP contribution in [0.15, 0.2) is 12.1 Å². The Morgan fingerprint density at radius 2 is 1.92 bits per heavy atom. The summed E-state index contributed by atoms with van der Waals surface area (Å²) in [6.45, 7) is 0.0714. The van der Waals surface area contributed by atoms with E-state index < -0.39 is 59.6 Å². The van der Waals surface area contributed by atoms with Crippen LogP contribution in [0.3, 0.4) is 0 Å². The van der Waals surface area contributed by atoms with Crippen LogP contribution in [0.25, 0.3) is 0 Å². The van der Waals surface area contributed by atoms with E-state index in [-0.39, 0.29) is 0 Å². The molecule has 0 unspecified atom stereocenters. The first-order valence-corrected chi connectivity index (χ1v) is 6.71. The van der Waals surface area contributed by atoms with Crippen molar-refractivity contribution < 1.29 is 41.0 Å². The normalized spacial score (nSPS) is 19.6. The van der Waals surface area contributed by atoms with E-state index in [4.69, 9.17) is 5.26 Å². The molecule has 0 spiro atoms. The molecule has 2 atom stereocenters. The summed E-state index contributed by atoms with van der Waals surface area (Å²) in [5, 5.41) is 18.2. The van der Waals surface area contributed by atoms with Crippen molar-refractivity contribution in [2.24, 2.45) is 0 Å². The van der Waals surface area contributed by atoms with Crippen molar-refractivity contribution in [3.05, 3.63) is 28.8 Å². The van der Waals surface area contributed by atoms with Gasteiger partial charge in [0.15, 0.2) is 6.10 Å². The lowest BCUT2D eigenvalue weighted by Gasteiger charge is -2.29. The maximum absolute atomic E-state index is 13.2. The van der Waals surface area contributed by atoms with Gasteiger partial charge in [-0.1, -0.05) is 0 Å². The molecule has 1 heterocycles. The number of amides is 1. The highest BCUT2D eigenvalue weighted by Gasteiger charge is 2.51. The van der Waals surface area contributed by atoms with Crippen LogP contribution in [0.5, 0.6) is 0 Å². The zero-order valence-electron chi connectivity index (χ0n) is 12.4. The number of aliphatic hydroxyl groups is 1. The molecule has 0 radical (unpaired) electrons. The van der Waals surface area contributed by atoms with Crippen LogP contribution < -0.4 is 4.90 Å². The summed E-state index contributed by atoms with van der Waals surface area (Å²) in [6, 6.07) is 1.05. The van der Waals surface area contributed by atoms with Gasteiger partial charge in [-0.2, -0.15) is 31.6 Å². The molecule has 1 aliphatic rings. The summed E-state index contributed by atoms with van der Waals surface area (Å²) in [5.41, 5.74) is -3.26. The number of hydrogen-bond donors (Lipinski definition) is 1. The van der Waals surface area contributed by atoms with Crippen molar-refractivity contribution in [1.82, 2.24) is 0 Å². The van der Waals surface area contributed by atoms with E-state index in [9.17, 15) is 36.2 Å². The summed E-state index contributed by atoms with van der Waals surface area (Å²) >= 11 is 0. The van der Waals surface area contributed by atoms with E-state index in [0.29, 0.717) is 4.90 Å². The molecule has 0 bridgehead atoms. The van der Waals surface area contributed by atoms with Crippen molar-refractivity contribution in [2.75, 3.05) is 11.5 Å². The average molecular weight is 368 g/mol. The van der Waals surface area contributed by atoms with Crippen molar-refractivity contribution >= 4 is 11.8 Å². The summed E-state index contributed by atoms with van der Waals surface area (Å²) in [6.07, 6.45) is -14.4. The number of ether oxygens (including phenoxy) is 1. The zero-order chi connectivity index (χ0) is 19.2. The number of alkyl halides is 6. The molecular weight excluding hydrogens is 358 g/mol. The molecule has 2 rings (SSSR count). The lowest BCUT2D eigenvalue weighted by Crippen LogP contribution is -2.49. The van der Waals surface area contributed by atoms with Crippen molar-refractivity contribution in [2.45, 2.75) is 31.4 Å². The molecule has 25 heavy (non-hydrogen) atoms. The van der Waals surface area contributed by atoms with Crippen molar-refractivity contribution in [1.29, 1.82) is 5.26 Å². The largest absolute Gasteiger partial charge is 0.447 e. The van der Waals surface area contributed by atoms with E-state index in [2.05, 4.69) is 4.74 Å². The molecule has 1 fully saturated rings. The second-order valence-electron chi connectivity index (χ2n) is 5.24. The van der Waals surface area contributed by atoms with Crippen LogP contribution in [0.2, 0.25) is 0 Å². The summed E-state index contributed by atoms with van der Waals surface area (Å²) in [4.78, 5) is 12.1. The number of rotatable bonds is 2. The van der Waals surface area contributed by atoms with Crippen LogP contribution in [0.1, 0.15) is 16.7 Å². The van der Waals surface area contributed by atoms with Crippen LogP contribution in [-0.2, 0) is 10.9 Å². The first-order valence-electron chi connectivity index (χ1n) is 6.71. The Hall–Kier alpha value is -2.48. The van der Waals surface area contributed by atoms with Crippen LogP contribution in [0, 0.1) is 18.3 Å². The molecule has 0 aliphatic carbocycles. The number of nitriles is 1. The maximum atomic E-state index is 13.2. The molecule has 1 aromatic carbocycles. The highest BCUT2D eigenvalue weighted by atomic mass is 19.4. The topological polar surface area (TPSA) is 73.6 Å². The van der Waals surface area contributed by atoms with Gasteiger partial charge in [0.1, 0.15) is 12.6 Å². The fourth-order valence-corrected chi connectivity index (χ4v) is 2.58. The number of nitrogens with zero attached hydrogens (tertiary/aromatic N) is 2. The number of aliphatic hydroxyl groups excluding tert-OH is 1. The Labute approximate surface area is 137 Å². The van der Waals surface area contributed by atoms with E-state index in [1.54, 1.807) is 0 Å². The van der Waals surface area contributed by atoms with Gasteiger partial charge in [0.2, 0.25) is 0 Å². The quantitative estimate of drug-likeness (QED) is 0.814. The first-order chi connectivity index (χ1) is 11.4. The second-order valence-corrected chi connectivity index (χ2v) is 5.24. The Morgan fingerprint density at radius 1 is 1.32 bits per heavy atom. The summed E-state index contributed by atoms with van der Waals surface area (Å²) in [7, 11) is 0. The lowest BCUT2D eigenvalue weighted by atomic mass is 9.98. The molecule has 1 aliphatic heterocycles. The van der Waals surface area contributed by atoms with Gasteiger partial charge < -0.3 is 9.84 Å². The summed E-state index contributed by atoms with van der Waals surface area (Å²) < 4.78 is 82.3. The number of carbonyl (C=O) groups is 1. The van der Waals surface area contributed by atoms with E-state index >= 15 is 0 Å². The fourth-order valence-electron chi connectivity index (χ4n) is 2.58. The lowest BCUT2D eigenvalue weighted by molar-refractivity contribution is -0.209. The number of carbonyl (C=O) groups excluding carboxylic acids is 1. The van der Waals surface area contributed by atoms with E-state index in [0.717, 1.165) is 19.1 Å². The minimum Gasteiger partial charge on any atom is -0.447 e. The Bertz CT molecular complexity index is 738. The van der Waals surface area contributed by atoms with Gasteiger partial charge in [0.25, 0.3) is 0 Å². The average Bonchev–Trinajstić information content (AvgIpc) is 2.85. The van der Waals surface area contributed by atoms with Gasteiger partial charge in [-0.05, 0) is 24.6 Å². The van der Waals surface area contributed by atoms with E-state index in [1.165, 1.54) is 6.07 Å². The van der Waals surface area contributed by atoms with Gasteiger partial charge in [0, 0.05) is 0 Å². The van der Waals surface area contributed by atoms with Crippen LogP contribution in [-0.4, -0.2) is 36.1 Å². The Balaban J connectivity index is 2.60. The zero-order valence-corrected chi connectivity index (χ0v) is 12.4. The predicted octanol–water partition coefficient (Wildman–Crippen LogP) is 3.13.